The predicted octanol–water partition coefficient (Wildman–Crippen LogP) is 7.04. The standard InChI is InChI=1S/C32H30N6OS/c1-20(2)26-14-13-25-29(36-26)34-19-35-30(25)37-27-18-21(8-15-28(27)40-24-11-9-23(33)10-12-24)31(39)38-32(16-17-32)22-6-4-3-5-7-22/h3-15,18-20H,16-17,33H2,1-2H3,(H,38,39)(H,34,35,36,37). The Morgan fingerprint density at radius 2 is 1.73 bits per heavy atom. The first-order chi connectivity index (χ1) is 19.4. The third-order valence-corrected chi connectivity index (χ3v) is 8.23. The highest BCUT2D eigenvalue weighted by Crippen LogP contribution is 2.46. The zero-order chi connectivity index (χ0) is 27.7. The second-order valence-electron chi connectivity index (χ2n) is 10.4. The fourth-order valence-electron chi connectivity index (χ4n) is 4.68. The van der Waals surface area contributed by atoms with E-state index in [9.17, 15) is 4.79 Å². The van der Waals surface area contributed by atoms with Gasteiger partial charge in [-0.1, -0.05) is 55.9 Å². The third-order valence-electron chi connectivity index (χ3n) is 7.14. The smallest absolute Gasteiger partial charge is 0.252 e. The van der Waals surface area contributed by atoms with Crippen LogP contribution in [0.5, 0.6) is 0 Å². The fourth-order valence-corrected chi connectivity index (χ4v) is 5.57. The highest BCUT2D eigenvalue weighted by molar-refractivity contribution is 7.99. The van der Waals surface area contributed by atoms with E-state index in [-0.39, 0.29) is 11.4 Å². The Morgan fingerprint density at radius 3 is 2.45 bits per heavy atom. The molecule has 200 valence electrons. The number of nitrogens with one attached hydrogen (secondary N) is 2. The van der Waals surface area contributed by atoms with Gasteiger partial charge in [0.25, 0.3) is 5.91 Å². The SMILES string of the molecule is CC(C)c1ccc2c(Nc3cc(C(=O)NC4(c5ccccc5)CC4)ccc3Sc3ccc(N)cc3)ncnc2n1. The molecule has 1 saturated carbocycles. The molecule has 8 heteroatoms. The maximum absolute atomic E-state index is 13.5. The number of hydrogen-bond acceptors (Lipinski definition) is 7. The van der Waals surface area contributed by atoms with Crippen LogP contribution in [-0.2, 0) is 5.54 Å². The van der Waals surface area contributed by atoms with Crippen LogP contribution in [0.4, 0.5) is 17.2 Å². The Kier molecular flexibility index (Phi) is 6.86. The first-order valence-electron chi connectivity index (χ1n) is 13.3. The number of nitrogen functional groups attached to an aromatic ring is 1. The topological polar surface area (TPSA) is 106 Å². The molecule has 7 nitrogen and oxygen atoms in total. The van der Waals surface area contributed by atoms with Gasteiger partial charge in [-0.05, 0) is 78.9 Å². The molecule has 1 aliphatic carbocycles. The maximum Gasteiger partial charge on any atom is 0.252 e. The van der Waals surface area contributed by atoms with Crippen molar-refractivity contribution in [3.8, 4) is 0 Å². The van der Waals surface area contributed by atoms with Gasteiger partial charge < -0.3 is 16.4 Å². The van der Waals surface area contributed by atoms with Crippen LogP contribution in [0.1, 0.15) is 54.2 Å². The van der Waals surface area contributed by atoms with Crippen LogP contribution in [0, 0.1) is 0 Å². The molecule has 2 heterocycles. The van der Waals surface area contributed by atoms with Crippen molar-refractivity contribution in [1.29, 1.82) is 0 Å². The van der Waals surface area contributed by atoms with Crippen LogP contribution < -0.4 is 16.4 Å². The monoisotopic (exact) mass is 546 g/mol. The molecule has 2 aromatic heterocycles. The van der Waals surface area contributed by atoms with E-state index in [0.29, 0.717) is 28.6 Å². The molecule has 1 amide bonds. The van der Waals surface area contributed by atoms with Gasteiger partial charge in [-0.25, -0.2) is 15.0 Å². The molecule has 5 aromatic rings. The van der Waals surface area contributed by atoms with E-state index in [1.54, 1.807) is 11.8 Å². The Bertz CT molecular complexity index is 1680. The molecule has 0 saturated heterocycles. The number of carbonyl (C=O) groups is 1. The zero-order valence-corrected chi connectivity index (χ0v) is 23.2. The summed E-state index contributed by atoms with van der Waals surface area (Å²) in [6, 6.07) is 27.6. The molecule has 0 unspecified atom stereocenters. The minimum atomic E-state index is -0.300. The van der Waals surface area contributed by atoms with Crippen molar-refractivity contribution in [1.82, 2.24) is 20.3 Å². The predicted molar refractivity (Wildman–Crippen MR) is 161 cm³/mol. The van der Waals surface area contributed by atoms with E-state index in [0.717, 1.165) is 45.0 Å². The molecular weight excluding hydrogens is 516 g/mol. The van der Waals surface area contributed by atoms with Crippen LogP contribution in [0.25, 0.3) is 11.0 Å². The number of rotatable bonds is 8. The summed E-state index contributed by atoms with van der Waals surface area (Å²) in [6.45, 7) is 4.21. The molecule has 0 radical (unpaired) electrons. The summed E-state index contributed by atoms with van der Waals surface area (Å²) in [5, 5.41) is 7.59. The molecule has 4 N–H and O–H groups in total. The Labute approximate surface area is 237 Å². The summed E-state index contributed by atoms with van der Waals surface area (Å²) in [5.74, 6) is 0.816. The van der Waals surface area contributed by atoms with Crippen molar-refractivity contribution in [3.63, 3.8) is 0 Å². The lowest BCUT2D eigenvalue weighted by atomic mass is 10.0. The first-order valence-corrected chi connectivity index (χ1v) is 14.2. The summed E-state index contributed by atoms with van der Waals surface area (Å²) in [6.07, 6.45) is 3.37. The summed E-state index contributed by atoms with van der Waals surface area (Å²) in [5.41, 5.74) is 10.4. The van der Waals surface area contributed by atoms with Gasteiger partial charge in [0.2, 0.25) is 0 Å². The number of fused-ring (bicyclic) bond motifs is 1. The summed E-state index contributed by atoms with van der Waals surface area (Å²) >= 11 is 1.59. The molecule has 0 aliphatic heterocycles. The van der Waals surface area contributed by atoms with Gasteiger partial charge in [-0.2, -0.15) is 0 Å². The number of aromatic nitrogens is 3. The van der Waals surface area contributed by atoms with Gasteiger partial charge in [-0.15, -0.1) is 0 Å². The number of nitrogens with zero attached hydrogens (tertiary/aromatic N) is 3. The van der Waals surface area contributed by atoms with Crippen LogP contribution in [0.2, 0.25) is 0 Å². The number of nitrogens with two attached hydrogens (primary N) is 1. The lowest BCUT2D eigenvalue weighted by molar-refractivity contribution is 0.0931. The van der Waals surface area contributed by atoms with Crippen molar-refractivity contribution in [2.45, 2.75) is 47.9 Å². The highest BCUT2D eigenvalue weighted by Gasteiger charge is 2.45. The lowest BCUT2D eigenvalue weighted by Crippen LogP contribution is -2.34. The second-order valence-corrected chi connectivity index (χ2v) is 11.5. The number of benzene rings is 3. The van der Waals surface area contributed by atoms with Crippen molar-refractivity contribution in [2.75, 3.05) is 11.1 Å². The summed E-state index contributed by atoms with van der Waals surface area (Å²) < 4.78 is 0. The van der Waals surface area contributed by atoms with Gasteiger partial charge >= 0.3 is 0 Å². The minimum absolute atomic E-state index is 0.107. The Balaban J connectivity index is 1.35. The van der Waals surface area contributed by atoms with E-state index in [1.807, 2.05) is 72.8 Å². The highest BCUT2D eigenvalue weighted by atomic mass is 32.2. The molecule has 1 fully saturated rings. The number of carbonyl (C=O) groups excluding carboxylic acids is 1. The van der Waals surface area contributed by atoms with Crippen molar-refractivity contribution in [2.24, 2.45) is 0 Å². The average Bonchev–Trinajstić information content (AvgIpc) is 3.76. The fraction of sp³-hybridized carbons (Fsp3) is 0.188. The van der Waals surface area contributed by atoms with Crippen molar-refractivity contribution >= 4 is 45.9 Å². The average molecular weight is 547 g/mol. The summed E-state index contributed by atoms with van der Waals surface area (Å²) in [4.78, 5) is 29.1. The van der Waals surface area contributed by atoms with Crippen molar-refractivity contribution in [3.05, 3.63) is 108 Å². The van der Waals surface area contributed by atoms with E-state index < -0.39 is 0 Å². The molecule has 0 bridgehead atoms. The van der Waals surface area contributed by atoms with E-state index in [4.69, 9.17) is 10.7 Å². The van der Waals surface area contributed by atoms with Crippen LogP contribution in [0.15, 0.2) is 101 Å². The Morgan fingerprint density at radius 1 is 0.950 bits per heavy atom. The van der Waals surface area contributed by atoms with Gasteiger partial charge in [0.15, 0.2) is 5.65 Å². The van der Waals surface area contributed by atoms with Crippen molar-refractivity contribution < 1.29 is 4.79 Å². The molecule has 0 spiro atoms. The largest absolute Gasteiger partial charge is 0.399 e. The number of amides is 1. The molecule has 40 heavy (non-hydrogen) atoms. The second kappa shape index (κ2) is 10.6. The molecule has 6 rings (SSSR count). The van der Waals surface area contributed by atoms with Gasteiger partial charge in [-0.3, -0.25) is 4.79 Å². The van der Waals surface area contributed by atoms with E-state index >= 15 is 0 Å². The third kappa shape index (κ3) is 5.35. The normalized spacial score (nSPS) is 13.8. The lowest BCUT2D eigenvalue weighted by Gasteiger charge is -2.19. The van der Waals surface area contributed by atoms with E-state index in [1.165, 1.54) is 6.33 Å². The number of pyridine rings is 1. The summed E-state index contributed by atoms with van der Waals surface area (Å²) in [7, 11) is 0. The molecule has 1 aliphatic rings. The van der Waals surface area contributed by atoms with Crippen LogP contribution in [-0.4, -0.2) is 20.9 Å². The number of anilines is 3. The quantitative estimate of drug-likeness (QED) is 0.179. The van der Waals surface area contributed by atoms with Gasteiger partial charge in [0.05, 0.1) is 16.6 Å². The van der Waals surface area contributed by atoms with Gasteiger partial charge in [0.1, 0.15) is 12.1 Å². The van der Waals surface area contributed by atoms with Gasteiger partial charge in [0, 0.05) is 26.7 Å². The molecule has 0 atom stereocenters. The maximum atomic E-state index is 13.5. The molecular formula is C32H30N6OS. The van der Waals surface area contributed by atoms with Crippen LogP contribution in [0.3, 0.4) is 0 Å². The zero-order valence-electron chi connectivity index (χ0n) is 22.4. The first kappa shape index (κ1) is 25.8. The van der Waals surface area contributed by atoms with Crippen LogP contribution >= 0.6 is 11.8 Å². The van der Waals surface area contributed by atoms with E-state index in [2.05, 4.69) is 46.6 Å². The minimum Gasteiger partial charge on any atom is -0.399 e. The number of hydrogen-bond donors (Lipinski definition) is 3. The molecule has 3 aromatic carbocycles. The Hall–Kier alpha value is -4.43.